The number of anilines is 1. The Morgan fingerprint density at radius 2 is 1.90 bits per heavy atom. The third-order valence-corrected chi connectivity index (χ3v) is 5.54. The van der Waals surface area contributed by atoms with Crippen LogP contribution in [0.1, 0.15) is 15.2 Å². The molecule has 1 amide bonds. The highest BCUT2D eigenvalue weighted by molar-refractivity contribution is 7.17. The van der Waals surface area contributed by atoms with Crippen LogP contribution >= 0.6 is 11.3 Å². The summed E-state index contributed by atoms with van der Waals surface area (Å²) in [6.45, 7) is -0.283. The van der Waals surface area contributed by atoms with Gasteiger partial charge in [0.25, 0.3) is 5.91 Å². The summed E-state index contributed by atoms with van der Waals surface area (Å²) in [6.07, 6.45) is 0. The minimum absolute atomic E-state index is 0.0287. The van der Waals surface area contributed by atoms with Crippen LogP contribution in [0.15, 0.2) is 48.5 Å². The van der Waals surface area contributed by atoms with Gasteiger partial charge in [0.1, 0.15) is 19.0 Å². The normalized spacial score (nSPS) is 12.7. The number of carbonyl (C=O) groups is 1. The summed E-state index contributed by atoms with van der Waals surface area (Å²) in [5.74, 6) is 1.09. The zero-order chi connectivity index (χ0) is 20.4. The van der Waals surface area contributed by atoms with E-state index in [2.05, 4.69) is 10.1 Å². The van der Waals surface area contributed by atoms with Gasteiger partial charge in [-0.25, -0.2) is 0 Å². The molecule has 1 aliphatic heterocycles. The molecule has 5 nitrogen and oxygen atoms in total. The Hall–Kier alpha value is -3.13. The molecule has 8 heteroatoms. The second-order valence-electron chi connectivity index (χ2n) is 6.28. The van der Waals surface area contributed by atoms with Crippen molar-refractivity contribution in [3.63, 3.8) is 0 Å². The van der Waals surface area contributed by atoms with Crippen LogP contribution in [-0.4, -0.2) is 25.7 Å². The fourth-order valence-electron chi connectivity index (χ4n) is 2.97. The molecular weight excluding hydrogens is 400 g/mol. The number of hydrogen-bond acceptors (Lipinski definition) is 5. The van der Waals surface area contributed by atoms with Crippen molar-refractivity contribution in [1.82, 2.24) is 0 Å². The van der Waals surface area contributed by atoms with E-state index in [0.717, 1.165) is 10.4 Å². The second-order valence-corrected chi connectivity index (χ2v) is 7.37. The smallest absolute Gasteiger partial charge is 0.387 e. The number of nitrogens with one attached hydrogen (secondary N) is 1. The Bertz CT molecular complexity index is 1050. The van der Waals surface area contributed by atoms with Gasteiger partial charge in [-0.1, -0.05) is 6.07 Å². The van der Waals surface area contributed by atoms with Crippen LogP contribution in [0.2, 0.25) is 0 Å². The number of ether oxygens (including phenoxy) is 3. The number of fused-ring (bicyclic) bond motifs is 1. The van der Waals surface area contributed by atoms with E-state index in [-0.39, 0.29) is 11.7 Å². The van der Waals surface area contributed by atoms with Crippen molar-refractivity contribution in [3.8, 4) is 27.7 Å². The number of thiophene rings is 1. The van der Waals surface area contributed by atoms with Crippen LogP contribution < -0.4 is 19.5 Å². The molecule has 4 rings (SSSR count). The molecule has 3 aromatic rings. The highest BCUT2D eigenvalue weighted by Crippen LogP contribution is 2.37. The summed E-state index contributed by atoms with van der Waals surface area (Å²) in [5.41, 5.74) is 1.77. The highest BCUT2D eigenvalue weighted by Gasteiger charge is 2.17. The van der Waals surface area contributed by atoms with Gasteiger partial charge in [-0.05, 0) is 55.0 Å². The molecule has 0 fully saturated rings. The Labute approximate surface area is 169 Å². The van der Waals surface area contributed by atoms with E-state index in [0.29, 0.717) is 40.8 Å². The van der Waals surface area contributed by atoms with Crippen LogP contribution in [0.4, 0.5) is 14.5 Å². The van der Waals surface area contributed by atoms with Crippen molar-refractivity contribution in [2.24, 2.45) is 0 Å². The second kappa shape index (κ2) is 8.08. The largest absolute Gasteiger partial charge is 0.486 e. The zero-order valence-electron chi connectivity index (χ0n) is 15.4. The average Bonchev–Trinajstić information content (AvgIpc) is 3.21. The van der Waals surface area contributed by atoms with Crippen LogP contribution in [0, 0.1) is 6.92 Å². The van der Waals surface area contributed by atoms with Crippen molar-refractivity contribution >= 4 is 22.9 Å². The molecular formula is C21H17F2NO4S. The van der Waals surface area contributed by atoms with Gasteiger partial charge in [0.05, 0.1) is 4.88 Å². The Morgan fingerprint density at radius 3 is 2.69 bits per heavy atom. The van der Waals surface area contributed by atoms with E-state index in [1.54, 1.807) is 25.1 Å². The number of rotatable bonds is 5. The van der Waals surface area contributed by atoms with Gasteiger partial charge >= 0.3 is 6.61 Å². The van der Waals surface area contributed by atoms with Crippen molar-refractivity contribution < 1.29 is 27.8 Å². The maximum absolute atomic E-state index is 12.6. The molecule has 2 aromatic carbocycles. The first-order chi connectivity index (χ1) is 14.0. The van der Waals surface area contributed by atoms with Gasteiger partial charge in [-0.2, -0.15) is 8.78 Å². The summed E-state index contributed by atoms with van der Waals surface area (Å²) in [5, 5.41) is 2.76. The molecule has 0 atom stereocenters. The zero-order valence-corrected chi connectivity index (χ0v) is 16.2. The van der Waals surface area contributed by atoms with Crippen molar-refractivity contribution in [2.45, 2.75) is 13.5 Å². The number of halogens is 2. The number of benzene rings is 2. The minimum Gasteiger partial charge on any atom is -0.486 e. The summed E-state index contributed by atoms with van der Waals surface area (Å²) in [6, 6.07) is 13.8. The molecule has 1 N–H and O–H groups in total. The maximum Gasteiger partial charge on any atom is 0.387 e. The number of hydrogen-bond donors (Lipinski definition) is 1. The maximum atomic E-state index is 12.6. The standard InChI is InChI=1S/C21H17F2NO4S/c1-12-14(3-2-4-15(12)28-21(22)23)24-20(25)19-8-7-18(29-19)13-5-6-16-17(11-13)27-10-9-26-16/h2-8,11,21H,9-10H2,1H3,(H,24,25). The van der Waals surface area contributed by atoms with Crippen LogP contribution in [0.25, 0.3) is 10.4 Å². The topological polar surface area (TPSA) is 56.8 Å². The van der Waals surface area contributed by atoms with Gasteiger partial charge in [0.2, 0.25) is 0 Å². The Kier molecular flexibility index (Phi) is 5.35. The SMILES string of the molecule is Cc1c(NC(=O)c2ccc(-c3ccc4c(c3)OCCO4)s2)cccc1OC(F)F. The van der Waals surface area contributed by atoms with Gasteiger partial charge in [0, 0.05) is 16.1 Å². The monoisotopic (exact) mass is 417 g/mol. The van der Waals surface area contributed by atoms with Gasteiger partial charge in [0.15, 0.2) is 11.5 Å². The molecule has 0 saturated carbocycles. The van der Waals surface area contributed by atoms with Crippen LogP contribution in [0.5, 0.6) is 17.2 Å². The molecule has 0 bridgehead atoms. The lowest BCUT2D eigenvalue weighted by atomic mass is 10.1. The molecule has 150 valence electrons. The molecule has 0 saturated heterocycles. The molecule has 2 heterocycles. The van der Waals surface area contributed by atoms with Gasteiger partial charge in [-0.15, -0.1) is 11.3 Å². The van der Waals surface area contributed by atoms with E-state index in [9.17, 15) is 13.6 Å². The summed E-state index contributed by atoms with van der Waals surface area (Å²) < 4.78 is 40.6. The van der Waals surface area contributed by atoms with Gasteiger partial charge < -0.3 is 19.5 Å². The minimum atomic E-state index is -2.93. The first-order valence-electron chi connectivity index (χ1n) is 8.87. The predicted octanol–water partition coefficient (Wildman–Crippen LogP) is 5.35. The number of carbonyl (C=O) groups excluding carboxylic acids is 1. The number of alkyl halides is 2. The van der Waals surface area contributed by atoms with E-state index < -0.39 is 6.61 Å². The summed E-state index contributed by atoms with van der Waals surface area (Å²) in [7, 11) is 0. The van der Waals surface area contributed by atoms with E-state index in [1.165, 1.54) is 17.4 Å². The quantitative estimate of drug-likeness (QED) is 0.608. The lowest BCUT2D eigenvalue weighted by molar-refractivity contribution is -0.0502. The molecule has 0 unspecified atom stereocenters. The Morgan fingerprint density at radius 1 is 1.10 bits per heavy atom. The first kappa shape index (κ1) is 19.2. The van der Waals surface area contributed by atoms with E-state index >= 15 is 0 Å². The number of amides is 1. The van der Waals surface area contributed by atoms with Crippen molar-refractivity contribution in [3.05, 3.63) is 59.0 Å². The molecule has 29 heavy (non-hydrogen) atoms. The van der Waals surface area contributed by atoms with Crippen LogP contribution in [-0.2, 0) is 0 Å². The fraction of sp³-hybridized carbons (Fsp3) is 0.190. The van der Waals surface area contributed by atoms with Crippen LogP contribution in [0.3, 0.4) is 0 Å². The fourth-order valence-corrected chi connectivity index (χ4v) is 3.87. The molecule has 0 aliphatic carbocycles. The van der Waals surface area contributed by atoms with E-state index in [1.807, 2.05) is 24.3 Å². The van der Waals surface area contributed by atoms with Crippen molar-refractivity contribution in [1.29, 1.82) is 0 Å². The lowest BCUT2D eigenvalue weighted by Gasteiger charge is -2.18. The molecule has 1 aromatic heterocycles. The highest BCUT2D eigenvalue weighted by atomic mass is 32.1. The van der Waals surface area contributed by atoms with Crippen molar-refractivity contribution in [2.75, 3.05) is 18.5 Å². The summed E-state index contributed by atoms with van der Waals surface area (Å²) in [4.78, 5) is 14.0. The lowest BCUT2D eigenvalue weighted by Crippen LogP contribution is -2.15. The van der Waals surface area contributed by atoms with E-state index in [4.69, 9.17) is 9.47 Å². The average molecular weight is 417 g/mol. The molecule has 0 radical (unpaired) electrons. The Balaban J connectivity index is 1.52. The molecule has 1 aliphatic rings. The third-order valence-electron chi connectivity index (χ3n) is 4.40. The molecule has 0 spiro atoms. The third kappa shape index (κ3) is 4.17. The van der Waals surface area contributed by atoms with Gasteiger partial charge in [-0.3, -0.25) is 4.79 Å². The predicted molar refractivity (Wildman–Crippen MR) is 107 cm³/mol. The summed E-state index contributed by atoms with van der Waals surface area (Å²) >= 11 is 1.33. The first-order valence-corrected chi connectivity index (χ1v) is 9.68.